The van der Waals surface area contributed by atoms with Crippen molar-refractivity contribution in [3.8, 4) is 22.7 Å². The van der Waals surface area contributed by atoms with E-state index in [1.54, 1.807) is 24.3 Å². The van der Waals surface area contributed by atoms with Crippen LogP contribution in [0.25, 0.3) is 16.9 Å². The second kappa shape index (κ2) is 6.07. The number of rotatable bonds is 4. The fourth-order valence-corrected chi connectivity index (χ4v) is 2.30. The molecule has 0 radical (unpaired) electrons. The maximum atomic E-state index is 13.5. The highest BCUT2D eigenvalue weighted by Gasteiger charge is 2.22. The lowest BCUT2D eigenvalue weighted by Gasteiger charge is -2.09. The minimum Gasteiger partial charge on any atom is -0.497 e. The molecule has 0 amide bonds. The van der Waals surface area contributed by atoms with Gasteiger partial charge in [0.15, 0.2) is 5.69 Å². The zero-order valence-electron chi connectivity index (χ0n) is 12.4. The van der Waals surface area contributed by atoms with E-state index >= 15 is 0 Å². The van der Waals surface area contributed by atoms with Gasteiger partial charge in [0, 0.05) is 11.6 Å². The maximum Gasteiger partial charge on any atom is 0.358 e. The van der Waals surface area contributed by atoms with E-state index in [1.165, 1.54) is 7.11 Å². The van der Waals surface area contributed by atoms with Crippen LogP contribution in [0.1, 0.15) is 10.5 Å². The lowest BCUT2D eigenvalue weighted by molar-refractivity contribution is 0.0691. The van der Waals surface area contributed by atoms with Crippen LogP contribution in [0.2, 0.25) is 0 Å². The Morgan fingerprint density at radius 2 is 1.88 bits per heavy atom. The van der Waals surface area contributed by atoms with E-state index in [0.717, 1.165) is 16.8 Å². The van der Waals surface area contributed by atoms with Crippen molar-refractivity contribution in [2.24, 2.45) is 0 Å². The average Bonchev–Trinajstić information content (AvgIpc) is 2.99. The summed E-state index contributed by atoms with van der Waals surface area (Å²) in [5, 5.41) is 16.7. The second-order valence-electron chi connectivity index (χ2n) is 4.86. The van der Waals surface area contributed by atoms with Crippen molar-refractivity contribution in [1.29, 1.82) is 0 Å². The van der Waals surface area contributed by atoms with Crippen molar-refractivity contribution in [2.75, 3.05) is 7.11 Å². The summed E-state index contributed by atoms with van der Waals surface area (Å²) in [6.45, 7) is 0. The number of carboxylic acids is 1. The quantitative estimate of drug-likeness (QED) is 0.795. The first kappa shape index (κ1) is 15.6. The molecule has 0 fully saturated rings. The molecule has 0 unspecified atom stereocenters. The Kier molecular flexibility index (Phi) is 3.95. The fraction of sp³-hybridized carbons (Fsp3) is 0.0625. The Bertz CT molecular complexity index is 904. The molecule has 1 N–H and O–H groups in total. The van der Waals surface area contributed by atoms with E-state index in [-0.39, 0.29) is 17.1 Å². The molecule has 122 valence electrons. The predicted octanol–water partition coefficient (Wildman–Crippen LogP) is 2.92. The van der Waals surface area contributed by atoms with Gasteiger partial charge in [-0.2, -0.15) is 0 Å². The molecule has 1 heterocycles. The van der Waals surface area contributed by atoms with Crippen molar-refractivity contribution >= 4 is 5.97 Å². The van der Waals surface area contributed by atoms with Gasteiger partial charge in [0.05, 0.1) is 12.8 Å². The number of methoxy groups -OCH3 is 1. The van der Waals surface area contributed by atoms with Crippen LogP contribution in [0.15, 0.2) is 42.5 Å². The van der Waals surface area contributed by atoms with Gasteiger partial charge in [-0.05, 0) is 24.3 Å². The molecule has 0 aliphatic rings. The van der Waals surface area contributed by atoms with Gasteiger partial charge < -0.3 is 9.84 Å². The van der Waals surface area contributed by atoms with Crippen LogP contribution in [-0.4, -0.2) is 33.2 Å². The Morgan fingerprint density at radius 3 is 2.50 bits per heavy atom. The molecule has 6 nitrogen and oxygen atoms in total. The highest BCUT2D eigenvalue weighted by Crippen LogP contribution is 2.28. The number of carboxylic acid groups (broad SMARTS) is 1. The number of halogens is 2. The van der Waals surface area contributed by atoms with Crippen LogP contribution in [0.4, 0.5) is 8.78 Å². The SMILES string of the molecule is COc1cccc(-c2c(C(=O)O)nnn2-c2cc(F)cc(F)c2)c1. The van der Waals surface area contributed by atoms with Crippen molar-refractivity contribution in [3.05, 3.63) is 59.8 Å². The van der Waals surface area contributed by atoms with Gasteiger partial charge in [0.2, 0.25) is 0 Å². The zero-order chi connectivity index (χ0) is 17.3. The van der Waals surface area contributed by atoms with Crippen LogP contribution in [0.5, 0.6) is 5.75 Å². The zero-order valence-corrected chi connectivity index (χ0v) is 12.4. The summed E-state index contributed by atoms with van der Waals surface area (Å²) in [6, 6.07) is 9.32. The first-order valence-corrected chi connectivity index (χ1v) is 6.79. The Balaban J connectivity index is 2.26. The minimum atomic E-state index is -1.31. The molecule has 0 aliphatic heterocycles. The highest BCUT2D eigenvalue weighted by molar-refractivity contribution is 5.93. The third kappa shape index (κ3) is 2.81. The molecular weight excluding hydrogens is 320 g/mol. The molecule has 3 rings (SSSR count). The largest absolute Gasteiger partial charge is 0.497 e. The van der Waals surface area contributed by atoms with Gasteiger partial charge in [-0.25, -0.2) is 18.3 Å². The lowest BCUT2D eigenvalue weighted by atomic mass is 10.1. The van der Waals surface area contributed by atoms with E-state index in [9.17, 15) is 18.7 Å². The number of aromatic carboxylic acids is 1. The summed E-state index contributed by atoms with van der Waals surface area (Å²) in [5.41, 5.74) is 0.200. The molecule has 0 bridgehead atoms. The molecule has 3 aromatic rings. The Hall–Kier alpha value is -3.29. The number of benzene rings is 2. The van der Waals surface area contributed by atoms with Crippen LogP contribution < -0.4 is 4.74 Å². The van der Waals surface area contributed by atoms with Crippen molar-refractivity contribution < 1.29 is 23.4 Å². The summed E-state index contributed by atoms with van der Waals surface area (Å²) in [7, 11) is 1.47. The summed E-state index contributed by atoms with van der Waals surface area (Å²) in [6.07, 6.45) is 0. The van der Waals surface area contributed by atoms with E-state index in [2.05, 4.69) is 10.3 Å². The molecule has 0 saturated carbocycles. The number of hydrogen-bond acceptors (Lipinski definition) is 4. The normalized spacial score (nSPS) is 10.6. The second-order valence-corrected chi connectivity index (χ2v) is 4.86. The van der Waals surface area contributed by atoms with E-state index in [1.807, 2.05) is 0 Å². The highest BCUT2D eigenvalue weighted by atomic mass is 19.1. The standard InChI is InChI=1S/C16H11F2N3O3/c1-24-13-4-2-3-9(5-13)15-14(16(22)23)19-20-21(15)12-7-10(17)6-11(18)8-12/h2-8H,1H3,(H,22,23). The molecule has 8 heteroatoms. The van der Waals surface area contributed by atoms with Gasteiger partial charge in [-0.1, -0.05) is 17.3 Å². The van der Waals surface area contributed by atoms with Crippen molar-refractivity contribution in [1.82, 2.24) is 15.0 Å². The van der Waals surface area contributed by atoms with Gasteiger partial charge in [0.1, 0.15) is 23.1 Å². The maximum absolute atomic E-state index is 13.5. The number of carbonyl (C=O) groups is 1. The molecule has 0 saturated heterocycles. The Morgan fingerprint density at radius 1 is 1.17 bits per heavy atom. The molecule has 1 aromatic heterocycles. The minimum absolute atomic E-state index is 0.0188. The summed E-state index contributed by atoms with van der Waals surface area (Å²) in [4.78, 5) is 11.4. The molecular formula is C16H11F2N3O3. The summed E-state index contributed by atoms with van der Waals surface area (Å²) < 4.78 is 33.2. The topological polar surface area (TPSA) is 77.2 Å². The van der Waals surface area contributed by atoms with Crippen molar-refractivity contribution in [3.63, 3.8) is 0 Å². The molecule has 0 aliphatic carbocycles. The summed E-state index contributed by atoms with van der Waals surface area (Å²) >= 11 is 0. The first-order valence-electron chi connectivity index (χ1n) is 6.79. The molecule has 24 heavy (non-hydrogen) atoms. The number of aromatic nitrogens is 3. The number of nitrogens with zero attached hydrogens (tertiary/aromatic N) is 3. The average molecular weight is 331 g/mol. The van der Waals surface area contributed by atoms with E-state index in [0.29, 0.717) is 17.4 Å². The van der Waals surface area contributed by atoms with Crippen LogP contribution in [-0.2, 0) is 0 Å². The van der Waals surface area contributed by atoms with Gasteiger partial charge in [-0.15, -0.1) is 5.10 Å². The monoisotopic (exact) mass is 331 g/mol. The van der Waals surface area contributed by atoms with Crippen molar-refractivity contribution in [2.45, 2.75) is 0 Å². The van der Waals surface area contributed by atoms with Crippen LogP contribution in [0.3, 0.4) is 0 Å². The molecule has 2 aromatic carbocycles. The van der Waals surface area contributed by atoms with Crippen LogP contribution >= 0.6 is 0 Å². The van der Waals surface area contributed by atoms with E-state index in [4.69, 9.17) is 4.74 Å². The molecule has 0 spiro atoms. The first-order chi connectivity index (χ1) is 11.5. The Labute approximate surface area is 134 Å². The number of ether oxygens (including phenoxy) is 1. The van der Waals surface area contributed by atoms with Gasteiger partial charge >= 0.3 is 5.97 Å². The smallest absolute Gasteiger partial charge is 0.358 e. The predicted molar refractivity (Wildman–Crippen MR) is 80.2 cm³/mol. The third-order valence-corrected chi connectivity index (χ3v) is 3.31. The van der Waals surface area contributed by atoms with Gasteiger partial charge in [0.25, 0.3) is 0 Å². The lowest BCUT2D eigenvalue weighted by Crippen LogP contribution is -2.04. The van der Waals surface area contributed by atoms with Gasteiger partial charge in [-0.3, -0.25) is 0 Å². The molecule has 0 atom stereocenters. The van der Waals surface area contributed by atoms with E-state index < -0.39 is 17.6 Å². The third-order valence-electron chi connectivity index (χ3n) is 3.31. The summed E-state index contributed by atoms with van der Waals surface area (Å²) in [5.74, 6) is -2.44. The van der Waals surface area contributed by atoms with Crippen LogP contribution in [0, 0.1) is 11.6 Å². The number of hydrogen-bond donors (Lipinski definition) is 1. The fourth-order valence-electron chi connectivity index (χ4n) is 2.30.